The summed E-state index contributed by atoms with van der Waals surface area (Å²) in [5.41, 5.74) is 3.68. The molecule has 0 aliphatic carbocycles. The first kappa shape index (κ1) is 22.2. The Kier molecular flexibility index (Phi) is 10.0. The molecule has 3 N–H and O–H groups in total. The number of amides is 1. The van der Waals surface area contributed by atoms with Gasteiger partial charge in [0.25, 0.3) is 5.91 Å². The van der Waals surface area contributed by atoms with Gasteiger partial charge in [-0.3, -0.25) is 4.79 Å². The van der Waals surface area contributed by atoms with Crippen molar-refractivity contribution in [2.24, 2.45) is 5.73 Å². The van der Waals surface area contributed by atoms with Crippen molar-refractivity contribution in [1.29, 1.82) is 0 Å². The van der Waals surface area contributed by atoms with E-state index in [-0.39, 0.29) is 26.4 Å². The molecule has 0 radical (unpaired) electrons. The van der Waals surface area contributed by atoms with Gasteiger partial charge >= 0.3 is 0 Å². The third-order valence-corrected chi connectivity index (χ3v) is 2.98. The number of ether oxygens (including phenoxy) is 3. The summed E-state index contributed by atoms with van der Waals surface area (Å²) in [5.74, 6) is -12.5. The summed E-state index contributed by atoms with van der Waals surface area (Å²) < 4.78 is 81.1. The first-order valence-electron chi connectivity index (χ1n) is 7.64. The monoisotopic (exact) mass is 386 g/mol. The predicted octanol–water partition coefficient (Wildman–Crippen LogP) is 1.12. The van der Waals surface area contributed by atoms with Crippen LogP contribution in [0.4, 0.5) is 22.0 Å². The topological polar surface area (TPSA) is 82.8 Å². The van der Waals surface area contributed by atoms with Crippen molar-refractivity contribution in [3.8, 4) is 0 Å². The van der Waals surface area contributed by atoms with E-state index in [1.807, 2.05) is 5.32 Å². The molecule has 0 atom stereocenters. The van der Waals surface area contributed by atoms with Gasteiger partial charge in [-0.05, 0) is 0 Å². The van der Waals surface area contributed by atoms with Crippen LogP contribution in [0.15, 0.2) is 0 Å². The predicted molar refractivity (Wildman–Crippen MR) is 80.1 cm³/mol. The molecule has 0 aliphatic rings. The summed E-state index contributed by atoms with van der Waals surface area (Å²) in [5, 5.41) is 2.01. The van der Waals surface area contributed by atoms with E-state index in [2.05, 4.69) is 0 Å². The number of carbonyl (C=O) groups excluding carboxylic acids is 1. The van der Waals surface area contributed by atoms with Crippen LogP contribution in [0.1, 0.15) is 10.4 Å². The summed E-state index contributed by atoms with van der Waals surface area (Å²) in [6, 6.07) is 0. The molecule has 148 valence electrons. The normalized spacial score (nSPS) is 11.0. The largest absolute Gasteiger partial charge is 0.378 e. The number of nitrogens with two attached hydrogens (primary N) is 1. The van der Waals surface area contributed by atoms with Gasteiger partial charge in [0.2, 0.25) is 5.82 Å². The zero-order valence-electron chi connectivity index (χ0n) is 13.8. The van der Waals surface area contributed by atoms with Crippen LogP contribution < -0.4 is 11.1 Å². The van der Waals surface area contributed by atoms with Gasteiger partial charge in [-0.1, -0.05) is 0 Å². The van der Waals surface area contributed by atoms with Crippen molar-refractivity contribution in [3.05, 3.63) is 34.6 Å². The lowest BCUT2D eigenvalue weighted by atomic mass is 10.1. The Morgan fingerprint density at radius 3 is 1.65 bits per heavy atom. The molecule has 0 spiro atoms. The fourth-order valence-electron chi connectivity index (χ4n) is 1.75. The minimum Gasteiger partial charge on any atom is -0.378 e. The fraction of sp³-hybridized carbons (Fsp3) is 0.533. The number of carbonyl (C=O) groups is 1. The Hall–Kier alpha value is -1.82. The van der Waals surface area contributed by atoms with Crippen LogP contribution in [0.25, 0.3) is 0 Å². The first-order chi connectivity index (χ1) is 12.4. The molecule has 0 aromatic heterocycles. The third-order valence-electron chi connectivity index (χ3n) is 2.98. The second-order valence-corrected chi connectivity index (χ2v) is 4.83. The van der Waals surface area contributed by atoms with Crippen LogP contribution >= 0.6 is 0 Å². The smallest absolute Gasteiger partial charge is 0.257 e. The number of benzene rings is 1. The van der Waals surface area contributed by atoms with Crippen molar-refractivity contribution < 1.29 is 41.0 Å². The molecule has 0 aliphatic heterocycles. The van der Waals surface area contributed by atoms with Gasteiger partial charge in [0.05, 0.1) is 39.6 Å². The minimum atomic E-state index is -2.33. The first-order valence-corrected chi connectivity index (χ1v) is 7.64. The van der Waals surface area contributed by atoms with Gasteiger partial charge in [0.1, 0.15) is 5.56 Å². The van der Waals surface area contributed by atoms with Crippen LogP contribution in [0, 0.1) is 29.1 Å². The molecule has 0 unspecified atom stereocenters. The van der Waals surface area contributed by atoms with Crippen molar-refractivity contribution in [3.63, 3.8) is 0 Å². The molecule has 1 aromatic rings. The Balaban J connectivity index is 2.28. The van der Waals surface area contributed by atoms with Crippen molar-refractivity contribution in [1.82, 2.24) is 5.32 Å². The second kappa shape index (κ2) is 11.7. The van der Waals surface area contributed by atoms with Crippen LogP contribution in [0.3, 0.4) is 0 Å². The number of rotatable bonds is 12. The molecule has 0 fully saturated rings. The Morgan fingerprint density at radius 2 is 1.15 bits per heavy atom. The molecule has 0 saturated carbocycles. The van der Waals surface area contributed by atoms with E-state index >= 15 is 0 Å². The van der Waals surface area contributed by atoms with Gasteiger partial charge in [0, 0.05) is 13.1 Å². The van der Waals surface area contributed by atoms with E-state index in [0.29, 0.717) is 26.4 Å². The van der Waals surface area contributed by atoms with E-state index in [0.717, 1.165) is 0 Å². The highest BCUT2D eigenvalue weighted by Gasteiger charge is 2.29. The molecule has 1 rings (SSSR count). The average Bonchev–Trinajstić information content (AvgIpc) is 2.63. The Labute approximate surface area is 146 Å². The molecule has 0 heterocycles. The number of hydrogen-bond acceptors (Lipinski definition) is 5. The minimum absolute atomic E-state index is 0.0474. The number of halogens is 5. The number of hydrogen-bond donors (Lipinski definition) is 2. The standard InChI is InChI=1S/C15H19F5N2O4/c16-10-9(11(17)13(19)14(20)12(10)18)15(23)22-2-4-25-6-8-26-7-5-24-3-1-21/h1-8,21H2,(H,22,23). The molecule has 1 amide bonds. The number of nitrogens with one attached hydrogen (secondary N) is 1. The summed E-state index contributed by atoms with van der Waals surface area (Å²) in [7, 11) is 0. The van der Waals surface area contributed by atoms with Gasteiger partial charge in [-0.15, -0.1) is 0 Å². The maximum atomic E-state index is 13.4. The average molecular weight is 386 g/mol. The lowest BCUT2D eigenvalue weighted by Gasteiger charge is -2.10. The molecule has 6 nitrogen and oxygen atoms in total. The molecular weight excluding hydrogens is 367 g/mol. The lowest BCUT2D eigenvalue weighted by molar-refractivity contribution is 0.0166. The van der Waals surface area contributed by atoms with Crippen LogP contribution in [0.2, 0.25) is 0 Å². The van der Waals surface area contributed by atoms with Gasteiger partial charge in [-0.2, -0.15) is 0 Å². The van der Waals surface area contributed by atoms with E-state index in [1.165, 1.54) is 0 Å². The van der Waals surface area contributed by atoms with Gasteiger partial charge < -0.3 is 25.3 Å². The highest BCUT2D eigenvalue weighted by molar-refractivity contribution is 5.94. The summed E-state index contributed by atoms with van der Waals surface area (Å²) in [4.78, 5) is 11.6. The third kappa shape index (κ3) is 6.48. The van der Waals surface area contributed by atoms with Gasteiger partial charge in [-0.25, -0.2) is 22.0 Å². The Bertz CT molecular complexity index is 575. The SMILES string of the molecule is NCCOCCOCCOCCNC(=O)c1c(F)c(F)c(F)c(F)c1F. The Morgan fingerprint density at radius 1 is 0.731 bits per heavy atom. The van der Waals surface area contributed by atoms with Crippen molar-refractivity contribution >= 4 is 5.91 Å². The maximum Gasteiger partial charge on any atom is 0.257 e. The van der Waals surface area contributed by atoms with Gasteiger partial charge in [0.15, 0.2) is 23.3 Å². The second-order valence-electron chi connectivity index (χ2n) is 4.83. The zero-order chi connectivity index (χ0) is 19.5. The summed E-state index contributed by atoms with van der Waals surface area (Å²) >= 11 is 0. The molecule has 0 bridgehead atoms. The van der Waals surface area contributed by atoms with Crippen LogP contribution in [-0.2, 0) is 14.2 Å². The highest BCUT2D eigenvalue weighted by atomic mass is 19.2. The lowest BCUT2D eigenvalue weighted by Crippen LogP contribution is -2.30. The van der Waals surface area contributed by atoms with E-state index in [9.17, 15) is 26.7 Å². The molecule has 11 heteroatoms. The summed E-state index contributed by atoms with van der Waals surface area (Å²) in [6.07, 6.45) is 0. The quantitative estimate of drug-likeness (QED) is 0.244. The molecule has 1 aromatic carbocycles. The maximum absolute atomic E-state index is 13.4. The summed E-state index contributed by atoms with van der Waals surface area (Å²) in [6.45, 7) is 1.76. The van der Waals surface area contributed by atoms with E-state index < -0.39 is 40.6 Å². The van der Waals surface area contributed by atoms with E-state index in [1.54, 1.807) is 0 Å². The van der Waals surface area contributed by atoms with E-state index in [4.69, 9.17) is 19.9 Å². The van der Waals surface area contributed by atoms with Crippen molar-refractivity contribution in [2.75, 3.05) is 52.7 Å². The van der Waals surface area contributed by atoms with Crippen LogP contribution in [0.5, 0.6) is 0 Å². The molecular formula is C15H19F5N2O4. The molecule has 26 heavy (non-hydrogen) atoms. The fourth-order valence-corrected chi connectivity index (χ4v) is 1.75. The van der Waals surface area contributed by atoms with Crippen molar-refractivity contribution in [2.45, 2.75) is 0 Å². The van der Waals surface area contributed by atoms with Crippen LogP contribution in [-0.4, -0.2) is 58.6 Å². The molecule has 0 saturated heterocycles. The zero-order valence-corrected chi connectivity index (χ0v) is 13.8. The highest BCUT2D eigenvalue weighted by Crippen LogP contribution is 2.22.